The SMILES string of the molecule is NCCc1cccc(Cl)c1Sc1ccccc1F. The Kier molecular flexibility index (Phi) is 4.64. The van der Waals surface area contributed by atoms with Gasteiger partial charge in [0.05, 0.1) is 5.02 Å². The van der Waals surface area contributed by atoms with Crippen molar-refractivity contribution in [1.82, 2.24) is 0 Å². The lowest BCUT2D eigenvalue weighted by Gasteiger charge is -2.10. The molecule has 2 N–H and O–H groups in total. The highest BCUT2D eigenvalue weighted by Gasteiger charge is 2.10. The molecule has 0 aliphatic carbocycles. The van der Waals surface area contributed by atoms with Crippen LogP contribution in [0.15, 0.2) is 52.3 Å². The fourth-order valence-corrected chi connectivity index (χ4v) is 2.97. The topological polar surface area (TPSA) is 26.0 Å². The second kappa shape index (κ2) is 6.23. The minimum Gasteiger partial charge on any atom is -0.330 e. The molecule has 18 heavy (non-hydrogen) atoms. The molecule has 0 saturated heterocycles. The molecule has 0 amide bonds. The Balaban J connectivity index is 2.36. The van der Waals surface area contributed by atoms with E-state index in [-0.39, 0.29) is 5.82 Å². The molecule has 94 valence electrons. The molecule has 0 bridgehead atoms. The second-order valence-corrected chi connectivity index (χ2v) is 5.26. The van der Waals surface area contributed by atoms with Crippen LogP contribution in [0.1, 0.15) is 5.56 Å². The van der Waals surface area contributed by atoms with Crippen molar-refractivity contribution >= 4 is 23.4 Å². The molecule has 0 radical (unpaired) electrons. The molecular weight excluding hydrogens is 269 g/mol. The van der Waals surface area contributed by atoms with E-state index in [2.05, 4.69) is 0 Å². The normalized spacial score (nSPS) is 10.6. The molecule has 0 spiro atoms. The molecule has 2 aromatic carbocycles. The first-order valence-electron chi connectivity index (χ1n) is 5.62. The Hall–Kier alpha value is -1.03. The van der Waals surface area contributed by atoms with Crippen LogP contribution < -0.4 is 5.73 Å². The molecule has 2 rings (SSSR count). The smallest absolute Gasteiger partial charge is 0.137 e. The van der Waals surface area contributed by atoms with Gasteiger partial charge in [-0.25, -0.2) is 4.39 Å². The predicted octanol–water partition coefficient (Wildman–Crippen LogP) is 4.13. The highest BCUT2D eigenvalue weighted by Crippen LogP contribution is 2.37. The molecule has 0 atom stereocenters. The zero-order valence-corrected chi connectivity index (χ0v) is 11.3. The molecule has 0 saturated carbocycles. The van der Waals surface area contributed by atoms with Crippen LogP contribution in [-0.2, 0) is 6.42 Å². The van der Waals surface area contributed by atoms with Gasteiger partial charge in [-0.15, -0.1) is 0 Å². The van der Waals surface area contributed by atoms with Crippen LogP contribution in [0, 0.1) is 5.82 Å². The summed E-state index contributed by atoms with van der Waals surface area (Å²) < 4.78 is 13.6. The van der Waals surface area contributed by atoms with Crippen molar-refractivity contribution in [3.05, 3.63) is 58.9 Å². The molecule has 0 fully saturated rings. The van der Waals surface area contributed by atoms with Gasteiger partial charge in [-0.2, -0.15) is 0 Å². The van der Waals surface area contributed by atoms with Gasteiger partial charge in [-0.3, -0.25) is 0 Å². The monoisotopic (exact) mass is 281 g/mol. The molecule has 0 aromatic heterocycles. The summed E-state index contributed by atoms with van der Waals surface area (Å²) in [5, 5.41) is 0.634. The average molecular weight is 282 g/mol. The first kappa shape index (κ1) is 13.4. The summed E-state index contributed by atoms with van der Waals surface area (Å²) in [6.45, 7) is 0.547. The van der Waals surface area contributed by atoms with Crippen molar-refractivity contribution in [2.45, 2.75) is 16.2 Å². The number of nitrogens with two attached hydrogens (primary N) is 1. The minimum atomic E-state index is -0.235. The van der Waals surface area contributed by atoms with Crippen LogP contribution >= 0.6 is 23.4 Å². The summed E-state index contributed by atoms with van der Waals surface area (Å²) >= 11 is 7.53. The Labute approximate surface area is 115 Å². The summed E-state index contributed by atoms with van der Waals surface area (Å²) in [4.78, 5) is 1.46. The van der Waals surface area contributed by atoms with Crippen molar-refractivity contribution in [2.75, 3.05) is 6.54 Å². The summed E-state index contributed by atoms with van der Waals surface area (Å²) in [6, 6.07) is 12.3. The minimum absolute atomic E-state index is 0.235. The van der Waals surface area contributed by atoms with E-state index in [0.29, 0.717) is 16.5 Å². The van der Waals surface area contributed by atoms with E-state index in [4.69, 9.17) is 17.3 Å². The van der Waals surface area contributed by atoms with E-state index in [1.165, 1.54) is 17.8 Å². The fourth-order valence-electron chi connectivity index (χ4n) is 1.66. The number of hydrogen-bond acceptors (Lipinski definition) is 2. The predicted molar refractivity (Wildman–Crippen MR) is 74.7 cm³/mol. The average Bonchev–Trinajstić information content (AvgIpc) is 2.36. The molecule has 4 heteroatoms. The fraction of sp³-hybridized carbons (Fsp3) is 0.143. The summed E-state index contributed by atoms with van der Waals surface area (Å²) in [5.41, 5.74) is 6.63. The number of rotatable bonds is 4. The third-order valence-corrected chi connectivity index (χ3v) is 4.18. The maximum atomic E-state index is 13.6. The summed E-state index contributed by atoms with van der Waals surface area (Å²) in [7, 11) is 0. The lowest BCUT2D eigenvalue weighted by molar-refractivity contribution is 0.602. The Bertz CT molecular complexity index is 545. The maximum Gasteiger partial charge on any atom is 0.137 e. The Morgan fingerprint density at radius 3 is 2.61 bits per heavy atom. The highest BCUT2D eigenvalue weighted by atomic mass is 35.5. The van der Waals surface area contributed by atoms with Crippen molar-refractivity contribution in [3.8, 4) is 0 Å². The van der Waals surface area contributed by atoms with Gasteiger partial charge in [0, 0.05) is 9.79 Å². The van der Waals surface area contributed by atoms with E-state index in [1.54, 1.807) is 12.1 Å². The standard InChI is InChI=1S/C14H13ClFNS/c15-11-5-3-4-10(8-9-17)14(11)18-13-7-2-1-6-12(13)16/h1-7H,8-9,17H2. The first-order valence-corrected chi connectivity index (χ1v) is 6.81. The van der Waals surface area contributed by atoms with Crippen molar-refractivity contribution < 1.29 is 4.39 Å². The Morgan fingerprint density at radius 1 is 1.11 bits per heavy atom. The summed E-state index contributed by atoms with van der Waals surface area (Å²) in [5.74, 6) is -0.235. The van der Waals surface area contributed by atoms with Crippen molar-refractivity contribution in [3.63, 3.8) is 0 Å². The summed E-state index contributed by atoms with van der Waals surface area (Å²) in [6.07, 6.45) is 0.733. The van der Waals surface area contributed by atoms with Crippen LogP contribution in [0.25, 0.3) is 0 Å². The van der Waals surface area contributed by atoms with Gasteiger partial charge < -0.3 is 5.73 Å². The lowest BCUT2D eigenvalue weighted by atomic mass is 10.1. The van der Waals surface area contributed by atoms with Gasteiger partial charge >= 0.3 is 0 Å². The number of halogens is 2. The maximum absolute atomic E-state index is 13.6. The molecule has 0 aliphatic heterocycles. The first-order chi connectivity index (χ1) is 8.72. The van der Waals surface area contributed by atoms with Gasteiger partial charge in [0.15, 0.2) is 0 Å². The molecule has 0 aliphatic rings. The van der Waals surface area contributed by atoms with Gasteiger partial charge in [-0.05, 0) is 36.7 Å². The van der Waals surface area contributed by atoms with Crippen LogP contribution in [-0.4, -0.2) is 6.54 Å². The highest BCUT2D eigenvalue weighted by molar-refractivity contribution is 7.99. The van der Waals surface area contributed by atoms with Crippen LogP contribution in [0.5, 0.6) is 0 Å². The van der Waals surface area contributed by atoms with Crippen molar-refractivity contribution in [1.29, 1.82) is 0 Å². The van der Waals surface area contributed by atoms with Gasteiger partial charge in [0.1, 0.15) is 5.82 Å². The largest absolute Gasteiger partial charge is 0.330 e. The van der Waals surface area contributed by atoms with E-state index in [0.717, 1.165) is 16.9 Å². The lowest BCUT2D eigenvalue weighted by Crippen LogP contribution is -2.03. The van der Waals surface area contributed by atoms with E-state index in [9.17, 15) is 4.39 Å². The van der Waals surface area contributed by atoms with Crippen LogP contribution in [0.4, 0.5) is 4.39 Å². The molecule has 0 heterocycles. The molecule has 1 nitrogen and oxygen atoms in total. The van der Waals surface area contributed by atoms with Gasteiger partial charge in [-0.1, -0.05) is 47.6 Å². The molecule has 0 unspecified atom stereocenters. The third-order valence-electron chi connectivity index (χ3n) is 2.51. The zero-order valence-electron chi connectivity index (χ0n) is 9.70. The van der Waals surface area contributed by atoms with Gasteiger partial charge in [0.25, 0.3) is 0 Å². The van der Waals surface area contributed by atoms with Crippen LogP contribution in [0.2, 0.25) is 5.02 Å². The van der Waals surface area contributed by atoms with E-state index < -0.39 is 0 Å². The van der Waals surface area contributed by atoms with Crippen molar-refractivity contribution in [2.24, 2.45) is 5.73 Å². The van der Waals surface area contributed by atoms with Gasteiger partial charge in [0.2, 0.25) is 0 Å². The quantitative estimate of drug-likeness (QED) is 0.912. The Morgan fingerprint density at radius 2 is 1.89 bits per heavy atom. The van der Waals surface area contributed by atoms with E-state index in [1.807, 2.05) is 24.3 Å². The number of hydrogen-bond donors (Lipinski definition) is 1. The second-order valence-electron chi connectivity index (χ2n) is 3.80. The van der Waals surface area contributed by atoms with Crippen LogP contribution in [0.3, 0.4) is 0 Å². The molecular formula is C14H13ClFNS. The number of benzene rings is 2. The third kappa shape index (κ3) is 3.05. The van der Waals surface area contributed by atoms with E-state index >= 15 is 0 Å². The molecule has 2 aromatic rings. The zero-order chi connectivity index (χ0) is 13.0.